The smallest absolute Gasteiger partial charge is 0.270 e. The van der Waals surface area contributed by atoms with E-state index < -0.39 is 0 Å². The first-order valence-electron chi connectivity index (χ1n) is 7.03. The average molecular weight is 298 g/mol. The van der Waals surface area contributed by atoms with Crippen LogP contribution in [0.25, 0.3) is 5.65 Å². The Morgan fingerprint density at radius 3 is 2.95 bits per heavy atom. The third-order valence-electron chi connectivity index (χ3n) is 3.37. The summed E-state index contributed by atoms with van der Waals surface area (Å²) in [7, 11) is 0. The minimum absolute atomic E-state index is 0.254. The molecule has 5 nitrogen and oxygen atoms in total. The van der Waals surface area contributed by atoms with Crippen molar-refractivity contribution in [2.75, 3.05) is 0 Å². The topological polar surface area (TPSA) is 59.3 Å². The summed E-state index contributed by atoms with van der Waals surface area (Å²) >= 11 is 0. The molecule has 1 amide bonds. The number of rotatable bonds is 4. The molecule has 2 aromatic heterocycles. The van der Waals surface area contributed by atoms with E-state index in [-0.39, 0.29) is 18.3 Å². The Morgan fingerprint density at radius 1 is 1.32 bits per heavy atom. The number of benzene rings is 1. The number of hydrogen-bond acceptors (Lipinski definition) is 3. The normalized spacial score (nSPS) is 10.8. The van der Waals surface area contributed by atoms with E-state index in [1.54, 1.807) is 35.0 Å². The summed E-state index contributed by atoms with van der Waals surface area (Å²) in [6.45, 7) is 2.25. The number of amides is 1. The van der Waals surface area contributed by atoms with Crippen LogP contribution in [0.1, 0.15) is 28.7 Å². The average Bonchev–Trinajstić information content (AvgIpc) is 3.00. The molecule has 0 saturated heterocycles. The summed E-state index contributed by atoms with van der Waals surface area (Å²) in [5.41, 5.74) is 2.58. The Balaban J connectivity index is 1.80. The van der Waals surface area contributed by atoms with E-state index in [0.717, 1.165) is 12.1 Å². The molecule has 3 rings (SSSR count). The second kappa shape index (κ2) is 5.93. The molecule has 0 aliphatic heterocycles. The highest BCUT2D eigenvalue weighted by atomic mass is 19.1. The maximum atomic E-state index is 13.1. The maximum absolute atomic E-state index is 13.1. The summed E-state index contributed by atoms with van der Waals surface area (Å²) in [5.74, 6) is -0.610. The molecule has 1 N–H and O–H groups in total. The zero-order chi connectivity index (χ0) is 15.5. The molecule has 1 aromatic carbocycles. The van der Waals surface area contributed by atoms with E-state index in [9.17, 15) is 9.18 Å². The number of halogens is 1. The van der Waals surface area contributed by atoms with E-state index in [2.05, 4.69) is 15.4 Å². The molecule has 0 saturated carbocycles. The fraction of sp³-hybridized carbons (Fsp3) is 0.188. The van der Waals surface area contributed by atoms with Crippen LogP contribution in [-0.2, 0) is 13.0 Å². The number of carbonyl (C=O) groups excluding carboxylic acids is 1. The predicted octanol–water partition coefficient (Wildman–Crippen LogP) is 2.36. The molecule has 0 unspecified atom stereocenters. The Bertz CT molecular complexity index is 828. The molecule has 0 atom stereocenters. The van der Waals surface area contributed by atoms with Gasteiger partial charge in [-0.25, -0.2) is 13.9 Å². The molecule has 0 aliphatic carbocycles. The molecule has 6 heteroatoms. The first kappa shape index (κ1) is 14.2. The number of aryl methyl sites for hydroxylation is 1. The van der Waals surface area contributed by atoms with Crippen LogP contribution in [0, 0.1) is 5.82 Å². The van der Waals surface area contributed by atoms with Crippen LogP contribution in [0.5, 0.6) is 0 Å². The molecule has 0 fully saturated rings. The van der Waals surface area contributed by atoms with Crippen molar-refractivity contribution in [3.8, 4) is 0 Å². The van der Waals surface area contributed by atoms with Crippen LogP contribution in [0.2, 0.25) is 0 Å². The Hall–Kier alpha value is -2.76. The standard InChI is InChI=1S/C16H15FN4O/c1-2-13-9-14(20-15-6-7-19-21(13)15)16(22)18-10-11-4-3-5-12(17)8-11/h3-9H,2,10H2,1H3,(H,18,22). The molecule has 0 spiro atoms. The molecule has 2 heterocycles. The fourth-order valence-corrected chi connectivity index (χ4v) is 2.26. The molecule has 0 radical (unpaired) electrons. The van der Waals surface area contributed by atoms with E-state index in [0.29, 0.717) is 16.9 Å². The number of aromatic nitrogens is 3. The van der Waals surface area contributed by atoms with Crippen molar-refractivity contribution in [2.24, 2.45) is 0 Å². The number of hydrogen-bond donors (Lipinski definition) is 1. The summed E-state index contributed by atoms with van der Waals surface area (Å²) in [5, 5.41) is 6.93. The number of fused-ring (bicyclic) bond motifs is 1. The number of nitrogens with one attached hydrogen (secondary N) is 1. The third kappa shape index (κ3) is 2.81. The van der Waals surface area contributed by atoms with Crippen molar-refractivity contribution >= 4 is 11.6 Å². The van der Waals surface area contributed by atoms with Crippen molar-refractivity contribution in [1.29, 1.82) is 0 Å². The first-order valence-corrected chi connectivity index (χ1v) is 7.03. The minimum Gasteiger partial charge on any atom is -0.347 e. The van der Waals surface area contributed by atoms with Crippen molar-refractivity contribution in [2.45, 2.75) is 19.9 Å². The molecule has 22 heavy (non-hydrogen) atoms. The largest absolute Gasteiger partial charge is 0.347 e. The summed E-state index contributed by atoms with van der Waals surface area (Å²) in [6.07, 6.45) is 2.39. The van der Waals surface area contributed by atoms with Crippen LogP contribution < -0.4 is 5.32 Å². The van der Waals surface area contributed by atoms with Crippen LogP contribution >= 0.6 is 0 Å². The van der Waals surface area contributed by atoms with Gasteiger partial charge in [-0.05, 0) is 30.2 Å². The van der Waals surface area contributed by atoms with E-state index in [1.165, 1.54) is 12.1 Å². The van der Waals surface area contributed by atoms with Crippen molar-refractivity contribution < 1.29 is 9.18 Å². The molecule has 3 aromatic rings. The molecule has 0 aliphatic rings. The van der Waals surface area contributed by atoms with Gasteiger partial charge in [0.05, 0.1) is 6.20 Å². The molecular weight excluding hydrogens is 283 g/mol. The lowest BCUT2D eigenvalue weighted by atomic mass is 10.2. The lowest BCUT2D eigenvalue weighted by molar-refractivity contribution is 0.0946. The summed E-state index contributed by atoms with van der Waals surface area (Å²) in [6, 6.07) is 9.61. The quantitative estimate of drug-likeness (QED) is 0.804. The zero-order valence-corrected chi connectivity index (χ0v) is 12.1. The van der Waals surface area contributed by atoms with Gasteiger partial charge in [-0.3, -0.25) is 4.79 Å². The maximum Gasteiger partial charge on any atom is 0.270 e. The Labute approximate surface area is 126 Å². The van der Waals surface area contributed by atoms with E-state index in [4.69, 9.17) is 0 Å². The lowest BCUT2D eigenvalue weighted by Gasteiger charge is -2.08. The fourth-order valence-electron chi connectivity index (χ4n) is 2.26. The van der Waals surface area contributed by atoms with Gasteiger partial charge in [-0.2, -0.15) is 5.10 Å². The highest BCUT2D eigenvalue weighted by Crippen LogP contribution is 2.09. The van der Waals surface area contributed by atoms with Gasteiger partial charge in [0.2, 0.25) is 0 Å². The van der Waals surface area contributed by atoms with Gasteiger partial charge < -0.3 is 5.32 Å². The molecule has 112 valence electrons. The van der Waals surface area contributed by atoms with Gasteiger partial charge in [0.15, 0.2) is 5.65 Å². The Kier molecular flexibility index (Phi) is 3.82. The predicted molar refractivity (Wildman–Crippen MR) is 79.9 cm³/mol. The van der Waals surface area contributed by atoms with Gasteiger partial charge >= 0.3 is 0 Å². The van der Waals surface area contributed by atoms with Crippen molar-refractivity contribution in [3.63, 3.8) is 0 Å². The summed E-state index contributed by atoms with van der Waals surface area (Å²) < 4.78 is 14.8. The van der Waals surface area contributed by atoms with Crippen LogP contribution in [0.4, 0.5) is 4.39 Å². The van der Waals surface area contributed by atoms with Gasteiger partial charge in [-0.15, -0.1) is 0 Å². The monoisotopic (exact) mass is 298 g/mol. The van der Waals surface area contributed by atoms with Crippen LogP contribution in [0.15, 0.2) is 42.6 Å². The number of nitrogens with zero attached hydrogens (tertiary/aromatic N) is 3. The van der Waals surface area contributed by atoms with Crippen LogP contribution in [-0.4, -0.2) is 20.5 Å². The second-order valence-electron chi connectivity index (χ2n) is 4.90. The van der Waals surface area contributed by atoms with Gasteiger partial charge in [-0.1, -0.05) is 19.1 Å². The van der Waals surface area contributed by atoms with Crippen molar-refractivity contribution in [3.05, 3.63) is 65.4 Å². The number of carbonyl (C=O) groups is 1. The summed E-state index contributed by atoms with van der Waals surface area (Å²) in [4.78, 5) is 16.5. The minimum atomic E-state index is -0.321. The van der Waals surface area contributed by atoms with E-state index in [1.807, 2.05) is 6.92 Å². The first-order chi connectivity index (χ1) is 10.7. The highest BCUT2D eigenvalue weighted by molar-refractivity contribution is 5.92. The van der Waals surface area contributed by atoms with Crippen molar-refractivity contribution in [1.82, 2.24) is 19.9 Å². The van der Waals surface area contributed by atoms with Gasteiger partial charge in [0.25, 0.3) is 5.91 Å². The highest BCUT2D eigenvalue weighted by Gasteiger charge is 2.11. The second-order valence-corrected chi connectivity index (χ2v) is 4.90. The third-order valence-corrected chi connectivity index (χ3v) is 3.37. The van der Waals surface area contributed by atoms with Gasteiger partial charge in [0, 0.05) is 18.3 Å². The SMILES string of the molecule is CCc1cc(C(=O)NCc2cccc(F)c2)nc2ccnn12. The Morgan fingerprint density at radius 2 is 2.18 bits per heavy atom. The van der Waals surface area contributed by atoms with E-state index >= 15 is 0 Å². The van der Waals surface area contributed by atoms with Gasteiger partial charge in [0.1, 0.15) is 11.5 Å². The molecular formula is C16H15FN4O. The lowest BCUT2D eigenvalue weighted by Crippen LogP contribution is -2.24. The molecule has 0 bridgehead atoms. The zero-order valence-electron chi connectivity index (χ0n) is 12.1. The van der Waals surface area contributed by atoms with Crippen LogP contribution in [0.3, 0.4) is 0 Å².